The molecule has 116 valence electrons. The van der Waals surface area contributed by atoms with Gasteiger partial charge in [0.05, 0.1) is 12.5 Å². The molecular formula is C13H19Cl2N5O. The highest BCUT2D eigenvalue weighted by molar-refractivity contribution is 5.85. The summed E-state index contributed by atoms with van der Waals surface area (Å²) in [7, 11) is 0. The van der Waals surface area contributed by atoms with Gasteiger partial charge < -0.3 is 10.6 Å². The summed E-state index contributed by atoms with van der Waals surface area (Å²) in [6.07, 6.45) is 3.92. The molecule has 2 aromatic heterocycles. The molecule has 0 spiro atoms. The average Bonchev–Trinajstić information content (AvgIpc) is 2.89. The first-order valence-corrected chi connectivity index (χ1v) is 6.61. The molecule has 0 aliphatic carbocycles. The van der Waals surface area contributed by atoms with Gasteiger partial charge >= 0.3 is 0 Å². The summed E-state index contributed by atoms with van der Waals surface area (Å²) in [5.74, 6) is 0.931. The minimum Gasteiger partial charge on any atom is -0.349 e. The Bertz CT molecular complexity index is 583. The summed E-state index contributed by atoms with van der Waals surface area (Å²) in [5.41, 5.74) is 0.797. The van der Waals surface area contributed by atoms with Crippen LogP contribution < -0.4 is 10.6 Å². The van der Waals surface area contributed by atoms with Crippen LogP contribution in [0.4, 0.5) is 0 Å². The van der Waals surface area contributed by atoms with Crippen molar-refractivity contribution in [2.24, 2.45) is 5.92 Å². The number of hydrogen-bond acceptors (Lipinski definition) is 4. The van der Waals surface area contributed by atoms with Crippen LogP contribution >= 0.6 is 24.8 Å². The highest BCUT2D eigenvalue weighted by Crippen LogP contribution is 2.10. The molecule has 2 N–H and O–H groups in total. The highest BCUT2D eigenvalue weighted by Gasteiger charge is 2.20. The smallest absolute Gasteiger partial charge is 0.224 e. The second-order valence-corrected chi connectivity index (χ2v) is 4.81. The molecule has 2 aromatic rings. The first kappa shape index (κ1) is 17.7. The number of piperidine rings is 1. The maximum absolute atomic E-state index is 12.0. The molecule has 8 heteroatoms. The van der Waals surface area contributed by atoms with Crippen molar-refractivity contribution in [1.82, 2.24) is 25.2 Å². The lowest BCUT2D eigenvalue weighted by atomic mass is 9.99. The minimum atomic E-state index is 0. The second kappa shape index (κ2) is 8.17. The van der Waals surface area contributed by atoms with Crippen molar-refractivity contribution in [3.63, 3.8) is 0 Å². The van der Waals surface area contributed by atoms with Gasteiger partial charge in [-0.1, -0.05) is 6.07 Å². The number of hydrogen-bond donors (Lipinski definition) is 2. The van der Waals surface area contributed by atoms with Crippen molar-refractivity contribution in [1.29, 1.82) is 0 Å². The van der Waals surface area contributed by atoms with Gasteiger partial charge in [0.25, 0.3) is 0 Å². The Morgan fingerprint density at radius 3 is 3.00 bits per heavy atom. The van der Waals surface area contributed by atoms with Crippen LogP contribution in [0.15, 0.2) is 24.4 Å². The maximum atomic E-state index is 12.0. The Kier molecular flexibility index (Phi) is 6.87. The van der Waals surface area contributed by atoms with E-state index in [-0.39, 0.29) is 36.6 Å². The fraction of sp³-hybridized carbons (Fsp3) is 0.462. The SMILES string of the molecule is Cl.Cl.O=C(NCc1nnc2ccccn12)[C@@H]1CCCNC1. The number of nitrogens with zero attached hydrogens (tertiary/aromatic N) is 3. The van der Waals surface area contributed by atoms with Gasteiger partial charge in [0.1, 0.15) is 0 Å². The molecule has 1 amide bonds. The first-order chi connectivity index (χ1) is 9.34. The second-order valence-electron chi connectivity index (χ2n) is 4.81. The number of amides is 1. The molecule has 3 rings (SSSR count). The molecule has 6 nitrogen and oxygen atoms in total. The van der Waals surface area contributed by atoms with E-state index in [0.717, 1.165) is 37.4 Å². The molecule has 1 fully saturated rings. The number of aromatic nitrogens is 3. The van der Waals surface area contributed by atoms with E-state index >= 15 is 0 Å². The van der Waals surface area contributed by atoms with Crippen LogP contribution in [0.25, 0.3) is 5.65 Å². The minimum absolute atomic E-state index is 0. The molecule has 1 atom stereocenters. The summed E-state index contributed by atoms with van der Waals surface area (Å²) >= 11 is 0. The van der Waals surface area contributed by atoms with E-state index in [4.69, 9.17) is 0 Å². The predicted octanol–water partition coefficient (Wildman–Crippen LogP) is 1.19. The summed E-state index contributed by atoms with van der Waals surface area (Å²) in [5, 5.41) is 14.3. The zero-order valence-electron chi connectivity index (χ0n) is 11.5. The van der Waals surface area contributed by atoms with Gasteiger partial charge in [-0.25, -0.2) is 0 Å². The van der Waals surface area contributed by atoms with E-state index in [0.29, 0.717) is 6.54 Å². The average molecular weight is 332 g/mol. The molecule has 0 unspecified atom stereocenters. The van der Waals surface area contributed by atoms with Gasteiger partial charge in [-0.05, 0) is 31.5 Å². The maximum Gasteiger partial charge on any atom is 0.224 e. The Hall–Kier alpha value is -1.37. The number of halogens is 2. The van der Waals surface area contributed by atoms with Crippen molar-refractivity contribution < 1.29 is 4.79 Å². The molecule has 3 heterocycles. The fourth-order valence-corrected chi connectivity index (χ4v) is 2.40. The summed E-state index contributed by atoms with van der Waals surface area (Å²) < 4.78 is 1.89. The lowest BCUT2D eigenvalue weighted by molar-refractivity contribution is -0.125. The number of nitrogens with one attached hydrogen (secondary N) is 2. The largest absolute Gasteiger partial charge is 0.349 e. The first-order valence-electron chi connectivity index (χ1n) is 6.61. The van der Waals surface area contributed by atoms with Gasteiger partial charge in [-0.3, -0.25) is 9.20 Å². The van der Waals surface area contributed by atoms with Gasteiger partial charge in [0.15, 0.2) is 11.5 Å². The van der Waals surface area contributed by atoms with Crippen LogP contribution in [0.5, 0.6) is 0 Å². The highest BCUT2D eigenvalue weighted by atomic mass is 35.5. The molecule has 0 bridgehead atoms. The molecule has 0 saturated carbocycles. The van der Waals surface area contributed by atoms with Crippen molar-refractivity contribution in [2.45, 2.75) is 19.4 Å². The van der Waals surface area contributed by atoms with Crippen LogP contribution in [0.2, 0.25) is 0 Å². The normalized spacial score (nSPS) is 17.6. The van der Waals surface area contributed by atoms with E-state index in [1.165, 1.54) is 0 Å². The number of pyridine rings is 1. The standard InChI is InChI=1S/C13H17N5O.2ClH/c19-13(10-4-3-6-14-8-10)15-9-12-17-16-11-5-1-2-7-18(11)12;;/h1-2,5,7,10,14H,3-4,6,8-9H2,(H,15,19);2*1H/t10-;;/m1../s1. The Morgan fingerprint density at radius 2 is 2.24 bits per heavy atom. The third-order valence-corrected chi connectivity index (χ3v) is 3.47. The lowest BCUT2D eigenvalue weighted by Crippen LogP contribution is -2.40. The molecule has 0 aromatic carbocycles. The molecule has 21 heavy (non-hydrogen) atoms. The monoisotopic (exact) mass is 331 g/mol. The molecule has 1 saturated heterocycles. The topological polar surface area (TPSA) is 71.3 Å². The molecular weight excluding hydrogens is 313 g/mol. The zero-order chi connectivity index (χ0) is 13.1. The third kappa shape index (κ3) is 4.06. The fourth-order valence-electron chi connectivity index (χ4n) is 2.40. The Balaban J connectivity index is 0.00000110. The van der Waals surface area contributed by atoms with Gasteiger partial charge in [-0.2, -0.15) is 0 Å². The third-order valence-electron chi connectivity index (χ3n) is 3.47. The Labute approximate surface area is 135 Å². The van der Waals surface area contributed by atoms with Gasteiger partial charge in [0, 0.05) is 12.7 Å². The zero-order valence-corrected chi connectivity index (χ0v) is 13.1. The number of carbonyl (C=O) groups excluding carboxylic acids is 1. The van der Waals surface area contributed by atoms with Crippen LogP contribution in [-0.4, -0.2) is 33.6 Å². The van der Waals surface area contributed by atoms with Crippen molar-refractivity contribution in [3.8, 4) is 0 Å². The summed E-state index contributed by atoms with van der Waals surface area (Å²) in [6.45, 7) is 2.20. The van der Waals surface area contributed by atoms with Crippen molar-refractivity contribution >= 4 is 36.4 Å². The lowest BCUT2D eigenvalue weighted by Gasteiger charge is -2.21. The van der Waals surface area contributed by atoms with Gasteiger partial charge in [-0.15, -0.1) is 35.0 Å². The molecule has 1 aliphatic heterocycles. The molecule has 0 radical (unpaired) electrons. The van der Waals surface area contributed by atoms with Gasteiger partial charge in [0.2, 0.25) is 5.91 Å². The van der Waals surface area contributed by atoms with Crippen LogP contribution in [-0.2, 0) is 11.3 Å². The number of carbonyl (C=O) groups is 1. The quantitative estimate of drug-likeness (QED) is 0.886. The van der Waals surface area contributed by atoms with Crippen molar-refractivity contribution in [2.75, 3.05) is 13.1 Å². The van der Waals surface area contributed by atoms with E-state index in [9.17, 15) is 4.79 Å². The number of fused-ring (bicyclic) bond motifs is 1. The summed E-state index contributed by atoms with van der Waals surface area (Å²) in [6, 6.07) is 5.73. The van der Waals surface area contributed by atoms with Crippen molar-refractivity contribution in [3.05, 3.63) is 30.2 Å². The van der Waals surface area contributed by atoms with Crippen LogP contribution in [0, 0.1) is 5.92 Å². The predicted molar refractivity (Wildman–Crippen MR) is 84.9 cm³/mol. The van der Waals surface area contributed by atoms with E-state index in [1.807, 2.05) is 28.8 Å². The summed E-state index contributed by atoms with van der Waals surface area (Å²) in [4.78, 5) is 12.0. The Morgan fingerprint density at radius 1 is 1.38 bits per heavy atom. The van der Waals surface area contributed by atoms with E-state index in [2.05, 4.69) is 20.8 Å². The van der Waals surface area contributed by atoms with E-state index < -0.39 is 0 Å². The number of rotatable bonds is 3. The molecule has 1 aliphatic rings. The van der Waals surface area contributed by atoms with E-state index in [1.54, 1.807) is 0 Å². The van der Waals surface area contributed by atoms with Crippen LogP contribution in [0.3, 0.4) is 0 Å². The van der Waals surface area contributed by atoms with Crippen LogP contribution in [0.1, 0.15) is 18.7 Å².